The minimum Gasteiger partial charge on any atom is -0.481 e. The first kappa shape index (κ1) is 14.0. The van der Waals surface area contributed by atoms with Gasteiger partial charge in [0.15, 0.2) is 0 Å². The number of hydrogen-bond donors (Lipinski definition) is 1. The molecule has 4 heteroatoms. The molecule has 1 aromatic rings. The van der Waals surface area contributed by atoms with Crippen LogP contribution in [0.3, 0.4) is 0 Å². The van der Waals surface area contributed by atoms with Crippen LogP contribution in [0.1, 0.15) is 24.5 Å². The molecule has 0 bridgehead atoms. The van der Waals surface area contributed by atoms with Crippen LogP contribution in [0.25, 0.3) is 0 Å². The van der Waals surface area contributed by atoms with Gasteiger partial charge >= 0.3 is 5.97 Å². The van der Waals surface area contributed by atoms with Crippen molar-refractivity contribution >= 4 is 5.97 Å². The fraction of sp³-hybridized carbons (Fsp3) is 0.533. The summed E-state index contributed by atoms with van der Waals surface area (Å²) in [6.07, 6.45) is 1.37. The fourth-order valence-corrected chi connectivity index (χ4v) is 2.51. The molecule has 4 nitrogen and oxygen atoms in total. The third-order valence-corrected chi connectivity index (χ3v) is 3.39. The van der Waals surface area contributed by atoms with Gasteiger partial charge < -0.3 is 9.84 Å². The molecule has 1 aromatic carbocycles. The first-order chi connectivity index (χ1) is 9.15. The normalized spacial score (nSPS) is 21.0. The van der Waals surface area contributed by atoms with Gasteiger partial charge in [0.2, 0.25) is 0 Å². The smallest absolute Gasteiger partial charge is 0.307 e. The maximum Gasteiger partial charge on any atom is 0.307 e. The Morgan fingerprint density at radius 3 is 2.89 bits per heavy atom. The average Bonchev–Trinajstić information content (AvgIpc) is 2.55. The summed E-state index contributed by atoms with van der Waals surface area (Å²) >= 11 is 0. The van der Waals surface area contributed by atoms with E-state index in [1.807, 2.05) is 24.3 Å². The zero-order valence-corrected chi connectivity index (χ0v) is 11.3. The number of hydrogen-bond acceptors (Lipinski definition) is 3. The van der Waals surface area contributed by atoms with Gasteiger partial charge in [-0.1, -0.05) is 24.3 Å². The predicted octanol–water partition coefficient (Wildman–Crippen LogP) is 1.92. The van der Waals surface area contributed by atoms with Gasteiger partial charge in [0.1, 0.15) is 0 Å². The molecule has 2 rings (SSSR count). The Morgan fingerprint density at radius 2 is 2.16 bits per heavy atom. The van der Waals surface area contributed by atoms with Crippen LogP contribution >= 0.6 is 0 Å². The Hall–Kier alpha value is -1.39. The second-order valence-electron chi connectivity index (χ2n) is 5.11. The number of rotatable bonds is 4. The van der Waals surface area contributed by atoms with Gasteiger partial charge in [0, 0.05) is 26.2 Å². The topological polar surface area (TPSA) is 49.8 Å². The minimum atomic E-state index is -0.778. The largest absolute Gasteiger partial charge is 0.481 e. The lowest BCUT2D eigenvalue weighted by Gasteiger charge is -2.23. The number of ether oxygens (including phenoxy) is 1. The zero-order chi connectivity index (χ0) is 13.7. The van der Waals surface area contributed by atoms with Crippen LogP contribution < -0.4 is 0 Å². The number of benzene rings is 1. The van der Waals surface area contributed by atoms with Gasteiger partial charge in [0.05, 0.1) is 12.5 Å². The summed E-state index contributed by atoms with van der Waals surface area (Å²) in [5.74, 6) is -0.778. The van der Waals surface area contributed by atoms with Gasteiger partial charge in [-0.05, 0) is 24.5 Å². The number of carboxylic acid groups (broad SMARTS) is 1. The van der Waals surface area contributed by atoms with E-state index in [0.717, 1.165) is 43.8 Å². The van der Waals surface area contributed by atoms with Crippen LogP contribution in [0.5, 0.6) is 0 Å². The fourth-order valence-electron chi connectivity index (χ4n) is 2.51. The first-order valence-corrected chi connectivity index (χ1v) is 6.77. The predicted molar refractivity (Wildman–Crippen MR) is 73.1 cm³/mol. The van der Waals surface area contributed by atoms with Crippen molar-refractivity contribution in [1.82, 2.24) is 4.90 Å². The molecule has 1 unspecified atom stereocenters. The lowest BCUT2D eigenvalue weighted by molar-refractivity contribution is -0.136. The number of carbonyl (C=O) groups is 1. The van der Waals surface area contributed by atoms with E-state index in [9.17, 15) is 4.79 Å². The summed E-state index contributed by atoms with van der Waals surface area (Å²) in [7, 11) is 0. The van der Waals surface area contributed by atoms with Crippen molar-refractivity contribution in [3.05, 3.63) is 35.4 Å². The van der Waals surface area contributed by atoms with Crippen LogP contribution in [-0.4, -0.2) is 41.8 Å². The van der Waals surface area contributed by atoms with E-state index >= 15 is 0 Å². The van der Waals surface area contributed by atoms with Gasteiger partial charge in [-0.15, -0.1) is 0 Å². The molecule has 1 fully saturated rings. The molecule has 19 heavy (non-hydrogen) atoms. The van der Waals surface area contributed by atoms with Gasteiger partial charge in [-0.3, -0.25) is 9.69 Å². The van der Waals surface area contributed by atoms with Crippen molar-refractivity contribution < 1.29 is 14.6 Å². The minimum absolute atomic E-state index is 0.0933. The van der Waals surface area contributed by atoms with Crippen LogP contribution in [-0.2, 0) is 22.5 Å². The summed E-state index contributed by atoms with van der Waals surface area (Å²) in [5, 5.41) is 8.95. The zero-order valence-electron chi connectivity index (χ0n) is 11.3. The van der Waals surface area contributed by atoms with Crippen LogP contribution in [0.4, 0.5) is 0 Å². The third kappa shape index (κ3) is 4.33. The molecule has 0 spiro atoms. The summed E-state index contributed by atoms with van der Waals surface area (Å²) in [5.41, 5.74) is 2.02. The summed E-state index contributed by atoms with van der Waals surface area (Å²) in [4.78, 5) is 13.2. The molecule has 0 aliphatic carbocycles. The Morgan fingerprint density at radius 1 is 1.42 bits per heavy atom. The highest BCUT2D eigenvalue weighted by atomic mass is 16.5. The first-order valence-electron chi connectivity index (χ1n) is 6.77. The van der Waals surface area contributed by atoms with E-state index in [0.29, 0.717) is 0 Å². The maximum absolute atomic E-state index is 10.9. The Balaban J connectivity index is 2.06. The van der Waals surface area contributed by atoms with Crippen molar-refractivity contribution in [1.29, 1.82) is 0 Å². The highest BCUT2D eigenvalue weighted by Gasteiger charge is 2.16. The second-order valence-corrected chi connectivity index (χ2v) is 5.11. The van der Waals surface area contributed by atoms with Crippen molar-refractivity contribution in [3.63, 3.8) is 0 Å². The monoisotopic (exact) mass is 263 g/mol. The van der Waals surface area contributed by atoms with E-state index in [-0.39, 0.29) is 12.5 Å². The third-order valence-electron chi connectivity index (χ3n) is 3.39. The molecule has 1 saturated heterocycles. The van der Waals surface area contributed by atoms with Gasteiger partial charge in [0.25, 0.3) is 0 Å². The Labute approximate surface area is 114 Å². The molecule has 0 aromatic heterocycles. The maximum atomic E-state index is 10.9. The molecule has 0 radical (unpaired) electrons. The lowest BCUT2D eigenvalue weighted by atomic mass is 10.0. The van der Waals surface area contributed by atoms with Gasteiger partial charge in [-0.2, -0.15) is 0 Å². The molecule has 0 saturated carbocycles. The molecular formula is C15H21NO3. The van der Waals surface area contributed by atoms with E-state index in [2.05, 4.69) is 11.8 Å². The SMILES string of the molecule is CC1CN(Cc2ccccc2CC(=O)O)CCCO1. The molecule has 1 heterocycles. The van der Waals surface area contributed by atoms with Crippen molar-refractivity contribution in [2.24, 2.45) is 0 Å². The molecule has 104 valence electrons. The summed E-state index contributed by atoms with van der Waals surface area (Å²) in [6, 6.07) is 7.80. The Bertz CT molecular complexity index is 433. The molecule has 1 atom stereocenters. The van der Waals surface area contributed by atoms with E-state index in [1.54, 1.807) is 0 Å². The molecular weight excluding hydrogens is 242 g/mol. The quantitative estimate of drug-likeness (QED) is 0.901. The number of nitrogens with zero attached hydrogens (tertiary/aromatic N) is 1. The lowest BCUT2D eigenvalue weighted by Crippen LogP contribution is -2.30. The number of carboxylic acids is 1. The summed E-state index contributed by atoms with van der Waals surface area (Å²) < 4.78 is 5.63. The molecule has 0 amide bonds. The van der Waals surface area contributed by atoms with Crippen molar-refractivity contribution in [2.75, 3.05) is 19.7 Å². The van der Waals surface area contributed by atoms with Crippen molar-refractivity contribution in [3.8, 4) is 0 Å². The van der Waals surface area contributed by atoms with Crippen LogP contribution in [0.15, 0.2) is 24.3 Å². The van der Waals surface area contributed by atoms with E-state index < -0.39 is 5.97 Å². The summed E-state index contributed by atoms with van der Waals surface area (Å²) in [6.45, 7) is 5.61. The van der Waals surface area contributed by atoms with E-state index in [1.165, 1.54) is 0 Å². The molecule has 1 aliphatic heterocycles. The average molecular weight is 263 g/mol. The van der Waals surface area contributed by atoms with Crippen molar-refractivity contribution in [2.45, 2.75) is 32.4 Å². The van der Waals surface area contributed by atoms with Crippen LogP contribution in [0, 0.1) is 0 Å². The Kier molecular flexibility index (Phi) is 4.93. The van der Waals surface area contributed by atoms with Crippen LogP contribution in [0.2, 0.25) is 0 Å². The van der Waals surface area contributed by atoms with Gasteiger partial charge in [-0.25, -0.2) is 0 Å². The van der Waals surface area contributed by atoms with E-state index in [4.69, 9.17) is 9.84 Å². The molecule has 1 aliphatic rings. The second kappa shape index (κ2) is 6.68. The highest BCUT2D eigenvalue weighted by Crippen LogP contribution is 2.15. The standard InChI is InChI=1S/C15H21NO3/c1-12-10-16(7-4-8-19-12)11-14-6-3-2-5-13(14)9-15(17)18/h2-3,5-6,12H,4,7-11H2,1H3,(H,17,18). The molecule has 1 N–H and O–H groups in total. The number of aliphatic carboxylic acids is 1. The highest BCUT2D eigenvalue weighted by molar-refractivity contribution is 5.70.